The zero-order valence-corrected chi connectivity index (χ0v) is 11.6. The van der Waals surface area contributed by atoms with Crippen molar-refractivity contribution >= 4 is 5.91 Å². The number of halogens is 1. The highest BCUT2D eigenvalue weighted by atomic mass is 19.1. The molecule has 20 heavy (non-hydrogen) atoms. The highest BCUT2D eigenvalue weighted by Gasteiger charge is 2.30. The van der Waals surface area contributed by atoms with Crippen molar-refractivity contribution in [1.29, 1.82) is 0 Å². The molecule has 108 valence electrons. The summed E-state index contributed by atoms with van der Waals surface area (Å²) in [5.74, 6) is -0.248. The average molecular weight is 276 g/mol. The van der Waals surface area contributed by atoms with Crippen LogP contribution in [0, 0.1) is 5.82 Å². The van der Waals surface area contributed by atoms with E-state index in [2.05, 4.69) is 10.6 Å². The van der Waals surface area contributed by atoms with E-state index < -0.39 is 0 Å². The third kappa shape index (κ3) is 3.37. The molecule has 2 saturated carbocycles. The highest BCUT2D eigenvalue weighted by Crippen LogP contribution is 2.25. The van der Waals surface area contributed by atoms with Crippen molar-refractivity contribution in [3.8, 4) is 0 Å². The van der Waals surface area contributed by atoms with E-state index >= 15 is 0 Å². The number of hydrogen-bond donors (Lipinski definition) is 2. The summed E-state index contributed by atoms with van der Waals surface area (Å²) in [6.07, 6.45) is 6.83. The second-order valence-corrected chi connectivity index (χ2v) is 5.92. The molecule has 1 aromatic rings. The lowest BCUT2D eigenvalue weighted by Crippen LogP contribution is -2.42. The molecule has 4 heteroatoms. The van der Waals surface area contributed by atoms with Crippen LogP contribution in [0.4, 0.5) is 4.39 Å². The van der Waals surface area contributed by atoms with Crippen LogP contribution in [0.5, 0.6) is 0 Å². The molecule has 0 aliphatic heterocycles. The summed E-state index contributed by atoms with van der Waals surface area (Å²) < 4.78 is 13.1. The predicted molar refractivity (Wildman–Crippen MR) is 75.7 cm³/mol. The van der Waals surface area contributed by atoms with Crippen molar-refractivity contribution in [3.63, 3.8) is 0 Å². The van der Waals surface area contributed by atoms with Gasteiger partial charge in [0.1, 0.15) is 11.9 Å². The molecule has 2 fully saturated rings. The standard InChI is InChI=1S/C16H21FN2O/c17-12-7-5-11(6-8-12)15(16(20)19-14-9-10-14)18-13-3-1-2-4-13/h5-8,13-15,18H,1-4,9-10H2,(H,19,20). The van der Waals surface area contributed by atoms with Gasteiger partial charge >= 0.3 is 0 Å². The van der Waals surface area contributed by atoms with Gasteiger partial charge in [-0.15, -0.1) is 0 Å². The molecule has 3 nitrogen and oxygen atoms in total. The average Bonchev–Trinajstić information content (AvgIpc) is 3.10. The number of rotatable bonds is 5. The van der Waals surface area contributed by atoms with Crippen molar-refractivity contribution in [2.24, 2.45) is 0 Å². The van der Waals surface area contributed by atoms with Gasteiger partial charge in [0.15, 0.2) is 0 Å². The van der Waals surface area contributed by atoms with Crippen molar-refractivity contribution in [3.05, 3.63) is 35.6 Å². The molecule has 2 N–H and O–H groups in total. The first-order chi connectivity index (χ1) is 9.72. The lowest BCUT2D eigenvalue weighted by molar-refractivity contribution is -0.123. The van der Waals surface area contributed by atoms with Gasteiger partial charge in [0.25, 0.3) is 0 Å². The lowest BCUT2D eigenvalue weighted by atomic mass is 10.0. The first kappa shape index (κ1) is 13.6. The largest absolute Gasteiger partial charge is 0.352 e. The Bertz CT molecular complexity index is 464. The fourth-order valence-electron chi connectivity index (χ4n) is 2.82. The maximum atomic E-state index is 13.1. The van der Waals surface area contributed by atoms with E-state index in [1.54, 1.807) is 12.1 Å². The van der Waals surface area contributed by atoms with Gasteiger partial charge in [0.2, 0.25) is 5.91 Å². The summed E-state index contributed by atoms with van der Waals surface area (Å²) in [7, 11) is 0. The Morgan fingerprint density at radius 1 is 1.05 bits per heavy atom. The Balaban J connectivity index is 1.73. The molecule has 1 unspecified atom stereocenters. The van der Waals surface area contributed by atoms with Crippen molar-refractivity contribution in [1.82, 2.24) is 10.6 Å². The van der Waals surface area contributed by atoms with Gasteiger partial charge in [0.05, 0.1) is 0 Å². The highest BCUT2D eigenvalue weighted by molar-refractivity contribution is 5.83. The number of hydrogen-bond acceptors (Lipinski definition) is 2. The molecule has 1 aromatic carbocycles. The van der Waals surface area contributed by atoms with Crippen LogP contribution in [0.3, 0.4) is 0 Å². The summed E-state index contributed by atoms with van der Waals surface area (Å²) in [5.41, 5.74) is 0.844. The number of nitrogens with one attached hydrogen (secondary N) is 2. The smallest absolute Gasteiger partial charge is 0.241 e. The van der Waals surface area contributed by atoms with Gasteiger partial charge in [0, 0.05) is 12.1 Å². The molecular weight excluding hydrogens is 255 g/mol. The molecule has 2 aliphatic carbocycles. The van der Waals surface area contributed by atoms with Gasteiger partial charge in [-0.3, -0.25) is 10.1 Å². The fraction of sp³-hybridized carbons (Fsp3) is 0.562. The third-order valence-electron chi connectivity index (χ3n) is 4.15. The second kappa shape index (κ2) is 5.92. The molecule has 2 aliphatic rings. The van der Waals surface area contributed by atoms with Crippen LogP contribution in [0.2, 0.25) is 0 Å². The SMILES string of the molecule is O=C(NC1CC1)C(NC1CCCC1)c1ccc(F)cc1. The molecule has 1 atom stereocenters. The minimum Gasteiger partial charge on any atom is -0.352 e. The Morgan fingerprint density at radius 2 is 1.70 bits per heavy atom. The fourth-order valence-corrected chi connectivity index (χ4v) is 2.82. The third-order valence-corrected chi connectivity index (χ3v) is 4.15. The van der Waals surface area contributed by atoms with E-state index in [-0.39, 0.29) is 17.8 Å². The summed E-state index contributed by atoms with van der Waals surface area (Å²) in [5, 5.41) is 6.50. The number of amides is 1. The minimum atomic E-state index is -0.362. The molecule has 0 spiro atoms. The topological polar surface area (TPSA) is 41.1 Å². The Labute approximate surface area is 118 Å². The van der Waals surface area contributed by atoms with Gasteiger partial charge < -0.3 is 5.32 Å². The zero-order valence-electron chi connectivity index (χ0n) is 11.6. The van der Waals surface area contributed by atoms with E-state index in [1.165, 1.54) is 25.0 Å². The maximum absolute atomic E-state index is 13.1. The second-order valence-electron chi connectivity index (χ2n) is 5.92. The Morgan fingerprint density at radius 3 is 2.30 bits per heavy atom. The van der Waals surface area contributed by atoms with Gasteiger partial charge in [-0.25, -0.2) is 4.39 Å². The van der Waals surface area contributed by atoms with E-state index in [0.29, 0.717) is 12.1 Å². The van der Waals surface area contributed by atoms with E-state index in [9.17, 15) is 9.18 Å². The van der Waals surface area contributed by atoms with Crippen LogP contribution in [-0.2, 0) is 4.79 Å². The first-order valence-corrected chi connectivity index (χ1v) is 7.54. The normalized spacial score (nSPS) is 20.9. The first-order valence-electron chi connectivity index (χ1n) is 7.54. The van der Waals surface area contributed by atoms with Gasteiger partial charge in [-0.1, -0.05) is 25.0 Å². The number of carbonyl (C=O) groups excluding carboxylic acids is 1. The van der Waals surface area contributed by atoms with Crippen molar-refractivity contribution in [2.45, 2.75) is 56.7 Å². The van der Waals surface area contributed by atoms with Crippen LogP contribution in [0.15, 0.2) is 24.3 Å². The molecule has 1 amide bonds. The van der Waals surface area contributed by atoms with Crippen LogP contribution < -0.4 is 10.6 Å². The van der Waals surface area contributed by atoms with Crippen molar-refractivity contribution in [2.75, 3.05) is 0 Å². The monoisotopic (exact) mass is 276 g/mol. The zero-order chi connectivity index (χ0) is 13.9. The maximum Gasteiger partial charge on any atom is 0.241 e. The quantitative estimate of drug-likeness (QED) is 0.868. The summed E-state index contributed by atoms with van der Waals surface area (Å²) in [6, 6.07) is 6.62. The van der Waals surface area contributed by atoms with E-state index in [1.807, 2.05) is 0 Å². The summed E-state index contributed by atoms with van der Waals surface area (Å²) in [4.78, 5) is 12.4. The molecule has 0 saturated heterocycles. The minimum absolute atomic E-state index is 0.0195. The lowest BCUT2D eigenvalue weighted by Gasteiger charge is -2.23. The molecule has 0 radical (unpaired) electrons. The summed E-state index contributed by atoms with van der Waals surface area (Å²) in [6.45, 7) is 0. The molecule has 0 heterocycles. The van der Waals surface area contributed by atoms with E-state index in [4.69, 9.17) is 0 Å². The molecular formula is C16H21FN2O. The van der Waals surface area contributed by atoms with Crippen molar-refractivity contribution < 1.29 is 9.18 Å². The Hall–Kier alpha value is -1.42. The predicted octanol–water partition coefficient (Wildman–Crippen LogP) is 2.68. The number of carbonyl (C=O) groups is 1. The van der Waals surface area contributed by atoms with Gasteiger partial charge in [-0.05, 0) is 43.4 Å². The van der Waals surface area contributed by atoms with E-state index in [0.717, 1.165) is 31.2 Å². The molecule has 0 bridgehead atoms. The van der Waals surface area contributed by atoms with Crippen LogP contribution in [-0.4, -0.2) is 18.0 Å². The van der Waals surface area contributed by atoms with Crippen LogP contribution in [0.1, 0.15) is 50.1 Å². The molecule has 0 aromatic heterocycles. The summed E-state index contributed by atoms with van der Waals surface area (Å²) >= 11 is 0. The number of benzene rings is 1. The molecule has 3 rings (SSSR count). The van der Waals surface area contributed by atoms with Gasteiger partial charge in [-0.2, -0.15) is 0 Å². The van der Waals surface area contributed by atoms with Crippen LogP contribution >= 0.6 is 0 Å². The Kier molecular flexibility index (Phi) is 4.01. The van der Waals surface area contributed by atoms with Crippen LogP contribution in [0.25, 0.3) is 0 Å².